The molecule has 0 bridgehead atoms. The van der Waals surface area contributed by atoms with Crippen LogP contribution in [0.15, 0.2) is 28.7 Å². The van der Waals surface area contributed by atoms with Crippen LogP contribution in [-0.2, 0) is 4.74 Å². The minimum atomic E-state index is 0.322. The van der Waals surface area contributed by atoms with E-state index in [9.17, 15) is 0 Å². The summed E-state index contributed by atoms with van der Waals surface area (Å²) >= 11 is 5.83. The van der Waals surface area contributed by atoms with Gasteiger partial charge in [0.2, 0.25) is 0 Å². The maximum atomic E-state index is 5.91. The van der Waals surface area contributed by atoms with Crippen LogP contribution in [-0.4, -0.2) is 10.5 Å². The molecule has 1 aromatic carbocycles. The molecule has 2 atom stereocenters. The first-order chi connectivity index (χ1) is 6.79. The molecule has 0 unspecified atom stereocenters. The molecule has 0 aliphatic carbocycles. The van der Waals surface area contributed by atoms with Crippen molar-refractivity contribution >= 4 is 38.5 Å². The third kappa shape index (κ3) is 2.49. The van der Waals surface area contributed by atoms with E-state index in [1.165, 1.54) is 12.0 Å². The van der Waals surface area contributed by atoms with E-state index >= 15 is 0 Å². The van der Waals surface area contributed by atoms with Gasteiger partial charge in [-0.15, -0.1) is 0 Å². The van der Waals surface area contributed by atoms with Gasteiger partial charge in [0.1, 0.15) is 0 Å². The van der Waals surface area contributed by atoms with E-state index in [0.29, 0.717) is 12.2 Å². The van der Waals surface area contributed by atoms with Crippen LogP contribution in [0.3, 0.4) is 0 Å². The molecule has 0 amide bonds. The number of hydrogen-bond acceptors (Lipinski definition) is 1. The molecule has 3 heteroatoms. The van der Waals surface area contributed by atoms with Crippen molar-refractivity contribution in [2.24, 2.45) is 0 Å². The molecule has 14 heavy (non-hydrogen) atoms. The Balaban J connectivity index is 2.06. The summed E-state index contributed by atoms with van der Waals surface area (Å²) in [6.45, 7) is 0. The van der Waals surface area contributed by atoms with E-state index in [1.54, 1.807) is 0 Å². The maximum Gasteiger partial charge on any atom is 0.0830 e. The molecule has 0 radical (unpaired) electrons. The topological polar surface area (TPSA) is 9.23 Å². The Kier molecular flexibility index (Phi) is 3.85. The quantitative estimate of drug-likeness (QED) is 0.565. The summed E-state index contributed by atoms with van der Waals surface area (Å²) in [6.07, 6.45) is 3.14. The molecule has 1 aliphatic rings. The van der Waals surface area contributed by atoms with Gasteiger partial charge in [-0.05, 0) is 30.5 Å². The van der Waals surface area contributed by atoms with Crippen molar-refractivity contribution in [3.63, 3.8) is 0 Å². The highest BCUT2D eigenvalue weighted by atomic mass is 127. The molecule has 2 rings (SSSR count). The van der Waals surface area contributed by atoms with Gasteiger partial charge in [-0.2, -0.15) is 0 Å². The second-order valence-electron chi connectivity index (χ2n) is 3.53. The molecular weight excluding hydrogens is 355 g/mol. The van der Waals surface area contributed by atoms with E-state index in [-0.39, 0.29) is 0 Å². The lowest BCUT2D eigenvalue weighted by Crippen LogP contribution is -2.07. The predicted molar refractivity (Wildman–Crippen MR) is 69.9 cm³/mol. The van der Waals surface area contributed by atoms with Crippen molar-refractivity contribution in [3.05, 3.63) is 34.3 Å². The zero-order valence-corrected chi connectivity index (χ0v) is 11.5. The fourth-order valence-corrected chi connectivity index (χ4v) is 2.65. The standard InChI is InChI=1S/C11H12BrIO/c12-9-3-1-8(2-4-9)11-6-5-10(7-13)14-11/h1-4,10-11H,5-7H2/t10-,11-/m1/s1. The summed E-state index contributed by atoms with van der Waals surface area (Å²) in [5, 5.41) is 0. The van der Waals surface area contributed by atoms with Crippen LogP contribution >= 0.6 is 38.5 Å². The summed E-state index contributed by atoms with van der Waals surface area (Å²) in [5.74, 6) is 0. The van der Waals surface area contributed by atoms with Crippen LogP contribution in [0, 0.1) is 0 Å². The molecule has 1 aromatic rings. The lowest BCUT2D eigenvalue weighted by molar-refractivity contribution is 0.0597. The molecule has 1 nitrogen and oxygen atoms in total. The monoisotopic (exact) mass is 366 g/mol. The minimum Gasteiger partial charge on any atom is -0.370 e. The Labute approximate surface area is 106 Å². The zero-order valence-electron chi connectivity index (χ0n) is 7.75. The molecule has 0 aromatic heterocycles. The highest BCUT2D eigenvalue weighted by Crippen LogP contribution is 2.33. The second kappa shape index (κ2) is 4.94. The van der Waals surface area contributed by atoms with Crippen LogP contribution < -0.4 is 0 Å². The predicted octanol–water partition coefficient (Wildman–Crippen LogP) is 4.10. The lowest BCUT2D eigenvalue weighted by Gasteiger charge is -2.12. The van der Waals surface area contributed by atoms with Crippen LogP contribution in [0.2, 0.25) is 0 Å². The number of benzene rings is 1. The Morgan fingerprint density at radius 1 is 1.29 bits per heavy atom. The average Bonchev–Trinajstić information content (AvgIpc) is 2.67. The SMILES string of the molecule is Brc1ccc([C@H]2CC[C@H](CI)O2)cc1. The van der Waals surface area contributed by atoms with Crippen molar-refractivity contribution in [2.75, 3.05) is 4.43 Å². The van der Waals surface area contributed by atoms with E-state index in [0.717, 1.165) is 15.3 Å². The van der Waals surface area contributed by atoms with Gasteiger partial charge >= 0.3 is 0 Å². The zero-order chi connectivity index (χ0) is 9.97. The molecule has 1 fully saturated rings. The van der Waals surface area contributed by atoms with Gasteiger partial charge in [0.25, 0.3) is 0 Å². The van der Waals surface area contributed by atoms with E-state index in [4.69, 9.17) is 4.74 Å². The average molecular weight is 367 g/mol. The number of alkyl halides is 1. The Hall–Kier alpha value is 0.390. The van der Waals surface area contributed by atoms with Gasteiger partial charge < -0.3 is 4.74 Å². The molecule has 0 N–H and O–H groups in total. The van der Waals surface area contributed by atoms with E-state index in [2.05, 4.69) is 62.8 Å². The number of ether oxygens (including phenoxy) is 1. The molecule has 1 saturated heterocycles. The summed E-state index contributed by atoms with van der Waals surface area (Å²) in [4.78, 5) is 0. The first-order valence-corrected chi connectivity index (χ1v) is 7.08. The highest BCUT2D eigenvalue weighted by Gasteiger charge is 2.25. The molecule has 1 heterocycles. The highest BCUT2D eigenvalue weighted by molar-refractivity contribution is 14.1. The van der Waals surface area contributed by atoms with Crippen molar-refractivity contribution in [1.82, 2.24) is 0 Å². The molecule has 0 spiro atoms. The van der Waals surface area contributed by atoms with Gasteiger partial charge in [0, 0.05) is 8.90 Å². The molecular formula is C11H12BrIO. The lowest BCUT2D eigenvalue weighted by atomic mass is 10.1. The summed E-state index contributed by atoms with van der Waals surface area (Å²) in [7, 11) is 0. The van der Waals surface area contributed by atoms with Crippen molar-refractivity contribution in [3.8, 4) is 0 Å². The first kappa shape index (κ1) is 10.9. The Bertz CT molecular complexity index is 299. The third-order valence-corrected chi connectivity index (χ3v) is 4.03. The van der Waals surface area contributed by atoms with Crippen molar-refractivity contribution in [2.45, 2.75) is 25.0 Å². The maximum absolute atomic E-state index is 5.91. The van der Waals surface area contributed by atoms with Gasteiger partial charge in [-0.1, -0.05) is 50.7 Å². The van der Waals surface area contributed by atoms with Gasteiger partial charge in [-0.3, -0.25) is 0 Å². The van der Waals surface area contributed by atoms with E-state index < -0.39 is 0 Å². The van der Waals surface area contributed by atoms with Crippen LogP contribution in [0.1, 0.15) is 24.5 Å². The fourth-order valence-electron chi connectivity index (χ4n) is 1.74. The summed E-state index contributed by atoms with van der Waals surface area (Å²) in [5.41, 5.74) is 1.31. The Morgan fingerprint density at radius 2 is 2.00 bits per heavy atom. The van der Waals surface area contributed by atoms with Crippen LogP contribution in [0.5, 0.6) is 0 Å². The summed E-state index contributed by atoms with van der Waals surface area (Å²) < 4.78 is 8.14. The summed E-state index contributed by atoms with van der Waals surface area (Å²) in [6, 6.07) is 8.45. The number of halogens is 2. The number of hydrogen-bond donors (Lipinski definition) is 0. The fraction of sp³-hybridized carbons (Fsp3) is 0.455. The van der Waals surface area contributed by atoms with Crippen LogP contribution in [0.4, 0.5) is 0 Å². The normalized spacial score (nSPS) is 26.7. The Morgan fingerprint density at radius 3 is 2.57 bits per heavy atom. The second-order valence-corrected chi connectivity index (χ2v) is 5.33. The smallest absolute Gasteiger partial charge is 0.0830 e. The largest absolute Gasteiger partial charge is 0.370 e. The molecule has 76 valence electrons. The van der Waals surface area contributed by atoms with Crippen molar-refractivity contribution in [1.29, 1.82) is 0 Å². The molecule has 0 saturated carbocycles. The van der Waals surface area contributed by atoms with Crippen molar-refractivity contribution < 1.29 is 4.74 Å². The van der Waals surface area contributed by atoms with Gasteiger partial charge in [0.15, 0.2) is 0 Å². The first-order valence-electron chi connectivity index (χ1n) is 4.76. The van der Waals surface area contributed by atoms with E-state index in [1.807, 2.05) is 0 Å². The van der Waals surface area contributed by atoms with Crippen LogP contribution in [0.25, 0.3) is 0 Å². The number of rotatable bonds is 2. The molecule has 1 aliphatic heterocycles. The van der Waals surface area contributed by atoms with Gasteiger partial charge in [-0.25, -0.2) is 0 Å². The minimum absolute atomic E-state index is 0.322. The third-order valence-electron chi connectivity index (χ3n) is 2.52. The van der Waals surface area contributed by atoms with Gasteiger partial charge in [0.05, 0.1) is 12.2 Å².